The van der Waals surface area contributed by atoms with E-state index >= 15 is 0 Å². The Morgan fingerprint density at radius 2 is 1.93 bits per heavy atom. The molecule has 4 heteroatoms. The van der Waals surface area contributed by atoms with E-state index in [4.69, 9.17) is 4.74 Å². The van der Waals surface area contributed by atoms with Crippen LogP contribution in [-0.2, 0) is 14.3 Å². The normalized spacial score (nSPS) is 45.9. The Hall–Kier alpha value is -1.32. The summed E-state index contributed by atoms with van der Waals surface area (Å²) in [5, 5.41) is 9.35. The van der Waals surface area contributed by atoms with Crippen molar-refractivity contribution in [1.82, 2.24) is 0 Å². The molecule has 3 saturated carbocycles. The van der Waals surface area contributed by atoms with E-state index in [1.165, 1.54) is 31.8 Å². The van der Waals surface area contributed by atoms with E-state index in [0.29, 0.717) is 30.1 Å². The van der Waals surface area contributed by atoms with Gasteiger partial charge in [-0.1, -0.05) is 25.5 Å². The van der Waals surface area contributed by atoms with Gasteiger partial charge in [-0.25, -0.2) is 0 Å². The zero-order valence-corrected chi connectivity index (χ0v) is 17.0. The van der Waals surface area contributed by atoms with Crippen LogP contribution in [0.3, 0.4) is 0 Å². The zero-order chi connectivity index (χ0) is 19.4. The fourth-order valence-corrected chi connectivity index (χ4v) is 7.62. The van der Waals surface area contributed by atoms with Crippen molar-refractivity contribution in [2.75, 3.05) is 0 Å². The Balaban J connectivity index is 1.55. The van der Waals surface area contributed by atoms with Crippen molar-refractivity contribution in [2.24, 2.45) is 34.5 Å². The molecule has 7 atom stereocenters. The summed E-state index contributed by atoms with van der Waals surface area (Å²) in [6.07, 6.45) is 11.7. The lowest BCUT2D eigenvalue weighted by Crippen LogP contribution is -2.50. The van der Waals surface area contributed by atoms with Crippen molar-refractivity contribution in [3.8, 4) is 0 Å². The molecule has 0 aromatic carbocycles. The third-order valence-corrected chi connectivity index (χ3v) is 9.01. The molecule has 0 unspecified atom stereocenters. The minimum absolute atomic E-state index is 0.0543. The summed E-state index contributed by atoms with van der Waals surface area (Å²) < 4.78 is 5.52. The average Bonchev–Trinajstić information content (AvgIpc) is 2.91. The van der Waals surface area contributed by atoms with Crippen LogP contribution in [-0.4, -0.2) is 23.1 Å². The molecule has 4 aliphatic rings. The molecule has 3 fully saturated rings. The Bertz CT molecular complexity index is 667. The maximum Gasteiger partial charge on any atom is 0.303 e. The van der Waals surface area contributed by atoms with Crippen LogP contribution in [0.1, 0.15) is 78.6 Å². The maximum absolute atomic E-state index is 11.4. The molecular formula is C23H34O4. The minimum atomic E-state index is -0.634. The van der Waals surface area contributed by atoms with Gasteiger partial charge in [-0.3, -0.25) is 9.59 Å². The number of carbonyl (C=O) groups is 2. The van der Waals surface area contributed by atoms with Crippen molar-refractivity contribution >= 4 is 11.9 Å². The van der Waals surface area contributed by atoms with Gasteiger partial charge in [-0.2, -0.15) is 0 Å². The highest BCUT2D eigenvalue weighted by molar-refractivity contribution is 5.67. The monoisotopic (exact) mass is 374 g/mol. The van der Waals surface area contributed by atoms with Crippen molar-refractivity contribution in [3.05, 3.63) is 11.6 Å². The second kappa shape index (κ2) is 6.63. The highest BCUT2D eigenvalue weighted by Gasteiger charge is 2.58. The Morgan fingerprint density at radius 1 is 1.15 bits per heavy atom. The lowest BCUT2D eigenvalue weighted by molar-refractivity contribution is -0.148. The van der Waals surface area contributed by atoms with Gasteiger partial charge in [0.2, 0.25) is 0 Å². The number of hydrogen-bond donors (Lipinski definition) is 1. The summed E-state index contributed by atoms with van der Waals surface area (Å²) in [5.74, 6) is 1.62. The number of carbonyl (C=O) groups excluding carboxylic acids is 1. The van der Waals surface area contributed by atoms with Crippen LogP contribution in [0.25, 0.3) is 0 Å². The number of carboxylic acids is 1. The number of rotatable bonds is 3. The highest BCUT2D eigenvalue weighted by Crippen LogP contribution is 2.66. The fourth-order valence-electron chi connectivity index (χ4n) is 7.62. The third kappa shape index (κ3) is 3.03. The van der Waals surface area contributed by atoms with Crippen molar-refractivity contribution in [1.29, 1.82) is 0 Å². The van der Waals surface area contributed by atoms with Crippen molar-refractivity contribution < 1.29 is 19.4 Å². The number of ether oxygens (including phenoxy) is 1. The van der Waals surface area contributed by atoms with Crippen LogP contribution in [0.2, 0.25) is 0 Å². The second-order valence-corrected chi connectivity index (χ2v) is 10.2. The summed E-state index contributed by atoms with van der Waals surface area (Å²) in [5.41, 5.74) is 1.96. The van der Waals surface area contributed by atoms with E-state index in [9.17, 15) is 14.7 Å². The van der Waals surface area contributed by atoms with E-state index < -0.39 is 5.97 Å². The average molecular weight is 375 g/mol. The molecule has 0 aromatic heterocycles. The first-order valence-corrected chi connectivity index (χ1v) is 10.8. The van der Waals surface area contributed by atoms with E-state index in [1.807, 2.05) is 0 Å². The van der Waals surface area contributed by atoms with Gasteiger partial charge in [0.25, 0.3) is 0 Å². The molecule has 0 aliphatic heterocycles. The van der Waals surface area contributed by atoms with Crippen LogP contribution in [0.4, 0.5) is 0 Å². The molecule has 27 heavy (non-hydrogen) atoms. The maximum atomic E-state index is 11.4. The van der Waals surface area contributed by atoms with Gasteiger partial charge in [-0.05, 0) is 79.4 Å². The molecule has 0 aromatic rings. The first kappa shape index (κ1) is 19.0. The molecule has 0 amide bonds. The van der Waals surface area contributed by atoms with Gasteiger partial charge in [0, 0.05) is 19.8 Å². The van der Waals surface area contributed by atoms with Crippen LogP contribution in [0.15, 0.2) is 11.6 Å². The molecular weight excluding hydrogens is 340 g/mol. The zero-order valence-electron chi connectivity index (χ0n) is 17.0. The number of hydrogen-bond acceptors (Lipinski definition) is 3. The van der Waals surface area contributed by atoms with Crippen LogP contribution in [0.5, 0.6) is 0 Å². The Kier molecular flexibility index (Phi) is 4.67. The van der Waals surface area contributed by atoms with E-state index in [2.05, 4.69) is 19.9 Å². The van der Waals surface area contributed by atoms with E-state index in [1.54, 1.807) is 0 Å². The lowest BCUT2D eigenvalue weighted by Gasteiger charge is -2.58. The summed E-state index contributed by atoms with van der Waals surface area (Å²) in [7, 11) is 0. The molecule has 0 bridgehead atoms. The number of esters is 1. The van der Waals surface area contributed by atoms with Gasteiger partial charge in [0.05, 0.1) is 0 Å². The van der Waals surface area contributed by atoms with Crippen molar-refractivity contribution in [2.45, 2.75) is 84.7 Å². The van der Waals surface area contributed by atoms with Gasteiger partial charge < -0.3 is 9.84 Å². The standard InChI is InChI=1S/C23H34O4/c1-14(24)27-17-8-10-22(2)15(12-17)4-6-18-19-7-5-16(13-21(25)26)23(19,3)11-9-20(18)22/h4,16-20H,5-13H2,1-3H3,(H,25,26)/t16-,17+,18+,19+,20+,22+,23-/m1/s1. The topological polar surface area (TPSA) is 63.6 Å². The summed E-state index contributed by atoms with van der Waals surface area (Å²) in [4.78, 5) is 22.7. The van der Waals surface area contributed by atoms with E-state index in [0.717, 1.165) is 32.1 Å². The molecule has 4 aliphatic carbocycles. The quantitative estimate of drug-likeness (QED) is 0.559. The molecule has 0 radical (unpaired) electrons. The van der Waals surface area contributed by atoms with Gasteiger partial charge in [-0.15, -0.1) is 0 Å². The molecule has 0 saturated heterocycles. The number of fused-ring (bicyclic) bond motifs is 5. The molecule has 1 N–H and O–H groups in total. The molecule has 0 heterocycles. The SMILES string of the molecule is CC(=O)O[C@H]1CC[C@@]2(C)C(=CC[C@H]3[C@@H]4CC[C@H](CC(=O)O)[C@@]4(C)CC[C@@H]32)C1. The van der Waals surface area contributed by atoms with Crippen LogP contribution in [0, 0.1) is 34.5 Å². The Labute approximate surface area is 162 Å². The van der Waals surface area contributed by atoms with Gasteiger partial charge >= 0.3 is 11.9 Å². The predicted octanol–water partition coefficient (Wildman–Crippen LogP) is 4.97. The van der Waals surface area contributed by atoms with Crippen LogP contribution >= 0.6 is 0 Å². The fraction of sp³-hybridized carbons (Fsp3) is 0.826. The molecule has 4 nitrogen and oxygen atoms in total. The number of carboxylic acid groups (broad SMARTS) is 1. The second-order valence-electron chi connectivity index (χ2n) is 10.2. The summed E-state index contributed by atoms with van der Waals surface area (Å²) in [6, 6.07) is 0. The highest BCUT2D eigenvalue weighted by atomic mass is 16.5. The summed E-state index contributed by atoms with van der Waals surface area (Å²) in [6.45, 7) is 6.34. The summed E-state index contributed by atoms with van der Waals surface area (Å²) >= 11 is 0. The predicted molar refractivity (Wildman–Crippen MR) is 103 cm³/mol. The number of aliphatic carboxylic acids is 1. The lowest BCUT2D eigenvalue weighted by atomic mass is 9.47. The first-order valence-electron chi connectivity index (χ1n) is 10.8. The van der Waals surface area contributed by atoms with Gasteiger partial charge in [0.1, 0.15) is 6.10 Å². The Morgan fingerprint density at radius 3 is 2.63 bits per heavy atom. The van der Waals surface area contributed by atoms with Gasteiger partial charge in [0.15, 0.2) is 0 Å². The largest absolute Gasteiger partial charge is 0.481 e. The van der Waals surface area contributed by atoms with E-state index in [-0.39, 0.29) is 22.9 Å². The smallest absolute Gasteiger partial charge is 0.303 e. The molecule has 150 valence electrons. The minimum Gasteiger partial charge on any atom is -0.481 e. The molecule has 4 rings (SSSR count). The van der Waals surface area contributed by atoms with Crippen LogP contribution < -0.4 is 0 Å². The molecule has 0 spiro atoms. The number of allylic oxidation sites excluding steroid dienone is 1. The third-order valence-electron chi connectivity index (χ3n) is 9.01. The van der Waals surface area contributed by atoms with Crippen molar-refractivity contribution in [3.63, 3.8) is 0 Å². The first-order chi connectivity index (χ1) is 12.7.